The Bertz CT molecular complexity index is 976. The summed E-state index contributed by atoms with van der Waals surface area (Å²) in [5.74, 6) is 1.16. The molecule has 1 heterocycles. The zero-order valence-corrected chi connectivity index (χ0v) is 14.1. The molecule has 24 heavy (non-hydrogen) atoms. The van der Waals surface area contributed by atoms with Crippen LogP contribution < -0.4 is 14.9 Å². The molecule has 0 atom stereocenters. The van der Waals surface area contributed by atoms with E-state index in [1.807, 2.05) is 24.3 Å². The molecular formula is C19H16ClNO3. The number of nitrogens with one attached hydrogen (secondary N) is 1. The molecule has 0 saturated heterocycles. The topological polar surface area (TPSA) is 51.3 Å². The number of aromatic nitrogens is 1. The fourth-order valence-electron chi connectivity index (χ4n) is 2.48. The lowest BCUT2D eigenvalue weighted by atomic mass is 10.1. The van der Waals surface area contributed by atoms with Gasteiger partial charge in [-0.05, 0) is 29.8 Å². The van der Waals surface area contributed by atoms with Gasteiger partial charge in [-0.15, -0.1) is 0 Å². The number of halogens is 1. The highest BCUT2D eigenvalue weighted by Gasteiger charge is 2.08. The van der Waals surface area contributed by atoms with Crippen molar-refractivity contribution in [2.24, 2.45) is 0 Å². The molecule has 3 rings (SSSR count). The Balaban J connectivity index is 2.01. The van der Waals surface area contributed by atoms with Crippen LogP contribution in [0.15, 0.2) is 47.3 Å². The first-order chi connectivity index (χ1) is 11.6. The summed E-state index contributed by atoms with van der Waals surface area (Å²) in [6.45, 7) is 0. The van der Waals surface area contributed by atoms with Crippen LogP contribution in [0.3, 0.4) is 0 Å². The van der Waals surface area contributed by atoms with Gasteiger partial charge < -0.3 is 14.5 Å². The molecular weight excluding hydrogens is 326 g/mol. The Hall–Kier alpha value is -2.72. The molecule has 0 bridgehead atoms. The second-order valence-electron chi connectivity index (χ2n) is 5.20. The largest absolute Gasteiger partial charge is 0.493 e. The van der Waals surface area contributed by atoms with Crippen molar-refractivity contribution in [2.75, 3.05) is 14.2 Å². The lowest BCUT2D eigenvalue weighted by Gasteiger charge is -2.09. The predicted octanol–water partition coefficient (Wildman–Crippen LogP) is 4.37. The van der Waals surface area contributed by atoms with Crippen molar-refractivity contribution in [3.63, 3.8) is 0 Å². The van der Waals surface area contributed by atoms with Gasteiger partial charge in [-0.25, -0.2) is 0 Å². The SMILES string of the molecule is COc1cc(Cl)c(/C=C/c2cc(=O)c3ccccc3[nH]2)cc1OC. The van der Waals surface area contributed by atoms with Crippen molar-refractivity contribution < 1.29 is 9.47 Å². The standard InChI is InChI=1S/C19H16ClNO3/c1-23-18-9-12(15(20)11-19(18)24-2)7-8-13-10-17(22)14-5-3-4-6-16(14)21-13/h3-11H,1-2H3,(H,21,22)/b8-7+. The first kappa shape index (κ1) is 16.1. The van der Waals surface area contributed by atoms with Crippen LogP contribution in [0.5, 0.6) is 11.5 Å². The molecule has 0 fully saturated rings. The normalized spacial score (nSPS) is 11.1. The van der Waals surface area contributed by atoms with Gasteiger partial charge in [0, 0.05) is 28.7 Å². The first-order valence-corrected chi connectivity index (χ1v) is 7.72. The minimum absolute atomic E-state index is 0.0255. The van der Waals surface area contributed by atoms with Gasteiger partial charge in [0.25, 0.3) is 0 Å². The molecule has 1 N–H and O–H groups in total. The van der Waals surface area contributed by atoms with Crippen molar-refractivity contribution in [3.8, 4) is 11.5 Å². The van der Waals surface area contributed by atoms with E-state index < -0.39 is 0 Å². The summed E-state index contributed by atoms with van der Waals surface area (Å²) in [5, 5.41) is 1.20. The van der Waals surface area contributed by atoms with Crippen LogP contribution in [0.25, 0.3) is 23.1 Å². The summed E-state index contributed by atoms with van der Waals surface area (Å²) >= 11 is 6.27. The molecule has 1 aromatic heterocycles. The van der Waals surface area contributed by atoms with Gasteiger partial charge in [-0.1, -0.05) is 29.8 Å². The van der Waals surface area contributed by atoms with E-state index in [1.165, 1.54) is 0 Å². The number of para-hydroxylation sites is 1. The number of hydrogen-bond donors (Lipinski definition) is 1. The van der Waals surface area contributed by atoms with Gasteiger partial charge >= 0.3 is 0 Å². The third-order valence-corrected chi connectivity index (χ3v) is 4.03. The van der Waals surface area contributed by atoms with E-state index in [2.05, 4.69) is 4.98 Å². The van der Waals surface area contributed by atoms with Gasteiger partial charge in [0.05, 0.1) is 19.2 Å². The number of methoxy groups -OCH3 is 2. The number of aromatic amines is 1. The van der Waals surface area contributed by atoms with E-state index in [0.717, 1.165) is 11.1 Å². The minimum Gasteiger partial charge on any atom is -0.493 e. The Kier molecular flexibility index (Phi) is 4.58. The number of benzene rings is 2. The molecule has 0 aliphatic carbocycles. The van der Waals surface area contributed by atoms with Crippen molar-refractivity contribution in [1.29, 1.82) is 0 Å². The number of ether oxygens (including phenoxy) is 2. The molecule has 5 heteroatoms. The molecule has 122 valence electrons. The molecule has 0 aliphatic rings. The molecule has 0 unspecified atom stereocenters. The van der Waals surface area contributed by atoms with E-state index >= 15 is 0 Å². The smallest absolute Gasteiger partial charge is 0.189 e. The third-order valence-electron chi connectivity index (χ3n) is 3.70. The van der Waals surface area contributed by atoms with Crippen molar-refractivity contribution in [2.45, 2.75) is 0 Å². The molecule has 2 aromatic carbocycles. The highest BCUT2D eigenvalue weighted by molar-refractivity contribution is 6.32. The fourth-order valence-corrected chi connectivity index (χ4v) is 2.70. The molecule has 0 spiro atoms. The monoisotopic (exact) mass is 341 g/mol. The summed E-state index contributed by atoms with van der Waals surface area (Å²) < 4.78 is 10.5. The zero-order chi connectivity index (χ0) is 17.1. The van der Waals surface area contributed by atoms with Gasteiger partial charge in [0.15, 0.2) is 16.9 Å². The summed E-state index contributed by atoms with van der Waals surface area (Å²) in [7, 11) is 3.13. The average molecular weight is 342 g/mol. The molecule has 0 aliphatic heterocycles. The van der Waals surface area contributed by atoms with E-state index in [9.17, 15) is 4.79 Å². The molecule has 4 nitrogen and oxygen atoms in total. The van der Waals surface area contributed by atoms with Crippen molar-refractivity contribution in [3.05, 3.63) is 69.0 Å². The van der Waals surface area contributed by atoms with E-state index in [0.29, 0.717) is 27.6 Å². The molecule has 3 aromatic rings. The van der Waals surface area contributed by atoms with Gasteiger partial charge in [0.1, 0.15) is 0 Å². The maximum atomic E-state index is 12.1. The summed E-state index contributed by atoms with van der Waals surface area (Å²) in [6, 6.07) is 12.4. The van der Waals surface area contributed by atoms with Gasteiger partial charge in [-0.3, -0.25) is 4.79 Å². The van der Waals surface area contributed by atoms with E-state index in [1.54, 1.807) is 44.6 Å². The lowest BCUT2D eigenvalue weighted by molar-refractivity contribution is 0.355. The Labute approximate surface area is 144 Å². The highest BCUT2D eigenvalue weighted by atomic mass is 35.5. The predicted molar refractivity (Wildman–Crippen MR) is 98.1 cm³/mol. The van der Waals surface area contributed by atoms with Crippen LogP contribution in [0.4, 0.5) is 0 Å². The lowest BCUT2D eigenvalue weighted by Crippen LogP contribution is -2.02. The summed E-state index contributed by atoms with van der Waals surface area (Å²) in [4.78, 5) is 15.4. The van der Waals surface area contributed by atoms with E-state index in [-0.39, 0.29) is 5.43 Å². The summed E-state index contributed by atoms with van der Waals surface area (Å²) in [5.41, 5.74) is 2.23. The number of hydrogen-bond acceptors (Lipinski definition) is 3. The number of pyridine rings is 1. The number of rotatable bonds is 4. The van der Waals surface area contributed by atoms with Crippen LogP contribution in [0, 0.1) is 0 Å². The number of fused-ring (bicyclic) bond motifs is 1. The average Bonchev–Trinajstić information content (AvgIpc) is 2.60. The van der Waals surface area contributed by atoms with Gasteiger partial charge in [-0.2, -0.15) is 0 Å². The highest BCUT2D eigenvalue weighted by Crippen LogP contribution is 2.33. The van der Waals surface area contributed by atoms with Crippen LogP contribution in [-0.2, 0) is 0 Å². The second kappa shape index (κ2) is 6.81. The number of H-pyrrole nitrogens is 1. The van der Waals surface area contributed by atoms with Crippen molar-refractivity contribution >= 4 is 34.7 Å². The van der Waals surface area contributed by atoms with Crippen molar-refractivity contribution in [1.82, 2.24) is 4.98 Å². The first-order valence-electron chi connectivity index (χ1n) is 7.34. The zero-order valence-electron chi connectivity index (χ0n) is 13.3. The maximum Gasteiger partial charge on any atom is 0.189 e. The molecule has 0 saturated carbocycles. The Morgan fingerprint density at radius 1 is 1.00 bits per heavy atom. The van der Waals surface area contributed by atoms with Crippen LogP contribution >= 0.6 is 11.6 Å². The molecule has 0 radical (unpaired) electrons. The Morgan fingerprint density at radius 3 is 2.46 bits per heavy atom. The van der Waals surface area contributed by atoms with E-state index in [4.69, 9.17) is 21.1 Å². The second-order valence-corrected chi connectivity index (χ2v) is 5.60. The fraction of sp³-hybridized carbons (Fsp3) is 0.105. The Morgan fingerprint density at radius 2 is 1.71 bits per heavy atom. The maximum absolute atomic E-state index is 12.1. The van der Waals surface area contributed by atoms with Crippen LogP contribution in [-0.4, -0.2) is 19.2 Å². The van der Waals surface area contributed by atoms with Crippen LogP contribution in [0.1, 0.15) is 11.3 Å². The summed E-state index contributed by atoms with van der Waals surface area (Å²) in [6.07, 6.45) is 3.63. The molecule has 0 amide bonds. The third kappa shape index (κ3) is 3.14. The quantitative estimate of drug-likeness (QED) is 0.766. The van der Waals surface area contributed by atoms with Gasteiger partial charge in [0.2, 0.25) is 0 Å². The van der Waals surface area contributed by atoms with Crippen LogP contribution in [0.2, 0.25) is 5.02 Å². The minimum atomic E-state index is -0.0255.